The van der Waals surface area contributed by atoms with Gasteiger partial charge in [0.2, 0.25) is 0 Å². The van der Waals surface area contributed by atoms with Crippen LogP contribution in [0.25, 0.3) is 0 Å². The lowest BCUT2D eigenvalue weighted by Gasteiger charge is -2.34. The van der Waals surface area contributed by atoms with Crippen molar-refractivity contribution in [3.05, 3.63) is 24.3 Å². The maximum absolute atomic E-state index is 12.7. The fourth-order valence-corrected chi connectivity index (χ4v) is 4.34. The minimum absolute atomic E-state index is 0.250. The van der Waals surface area contributed by atoms with Crippen LogP contribution in [0.2, 0.25) is 0 Å². The van der Waals surface area contributed by atoms with Gasteiger partial charge in [-0.05, 0) is 44.0 Å². The molecule has 1 unspecified atom stereocenters. The number of fused-ring (bicyclic) bond motifs is 1. The van der Waals surface area contributed by atoms with Gasteiger partial charge in [0.1, 0.15) is 0 Å². The molecule has 1 saturated heterocycles. The Hall–Kier alpha value is -0.850. The molecule has 0 bridgehead atoms. The number of nitrogens with zero attached hydrogens (tertiary/aromatic N) is 1. The highest BCUT2D eigenvalue weighted by Crippen LogP contribution is 2.43. The Morgan fingerprint density at radius 3 is 2.67 bits per heavy atom. The first-order chi connectivity index (χ1) is 10.0. The molecule has 0 radical (unpaired) electrons. The fourth-order valence-electron chi connectivity index (χ4n) is 3.01. The number of para-hydroxylation sites is 1. The average molecular weight is 313 g/mol. The number of thioether (sulfide) groups is 1. The maximum Gasteiger partial charge on any atom is 0.301 e. The van der Waals surface area contributed by atoms with Gasteiger partial charge in [-0.15, -0.1) is 0 Å². The van der Waals surface area contributed by atoms with E-state index in [2.05, 4.69) is 28.4 Å². The van der Waals surface area contributed by atoms with E-state index in [-0.39, 0.29) is 6.42 Å². The van der Waals surface area contributed by atoms with Crippen molar-refractivity contribution in [2.24, 2.45) is 11.7 Å². The van der Waals surface area contributed by atoms with Crippen molar-refractivity contribution < 1.29 is 8.78 Å². The van der Waals surface area contributed by atoms with E-state index in [0.29, 0.717) is 17.8 Å². The molecule has 0 aliphatic carbocycles. The minimum atomic E-state index is -3.04. The number of alkyl halides is 2. The zero-order valence-corrected chi connectivity index (χ0v) is 12.7. The molecule has 0 spiro atoms. The van der Waals surface area contributed by atoms with Crippen LogP contribution in [0.5, 0.6) is 0 Å². The first-order valence-electron chi connectivity index (χ1n) is 7.42. The lowest BCUT2D eigenvalue weighted by Crippen LogP contribution is -2.41. The van der Waals surface area contributed by atoms with Gasteiger partial charge >= 0.3 is 6.05 Å². The topological polar surface area (TPSA) is 41.3 Å². The summed E-state index contributed by atoms with van der Waals surface area (Å²) in [5.74, 6) is 0.594. The molecule has 0 aromatic heterocycles. The normalized spacial score (nSPS) is 23.9. The van der Waals surface area contributed by atoms with E-state index in [9.17, 15) is 8.78 Å². The second kappa shape index (κ2) is 6.10. The largest absolute Gasteiger partial charge is 0.372 e. The third-order valence-electron chi connectivity index (χ3n) is 4.26. The van der Waals surface area contributed by atoms with E-state index in [4.69, 9.17) is 5.73 Å². The third kappa shape index (κ3) is 3.87. The standard InChI is InChI=1S/C15H21F2N3S/c16-15(17,18)7-10-20-8-5-11(6-9-20)14-19-12-3-1-2-4-13(12)21-14/h1-4,11,14,19H,5-10,18H2. The van der Waals surface area contributed by atoms with Crippen LogP contribution >= 0.6 is 11.8 Å². The van der Waals surface area contributed by atoms with Crippen LogP contribution in [0.4, 0.5) is 14.5 Å². The van der Waals surface area contributed by atoms with Crippen LogP contribution in [0, 0.1) is 5.92 Å². The van der Waals surface area contributed by atoms with Gasteiger partial charge in [-0.25, -0.2) is 0 Å². The Bertz CT molecular complexity index is 459. The summed E-state index contributed by atoms with van der Waals surface area (Å²) in [6.07, 6.45) is 1.85. The molecular formula is C15H21F2N3S. The zero-order valence-electron chi connectivity index (χ0n) is 11.9. The van der Waals surface area contributed by atoms with Crippen molar-refractivity contribution in [2.75, 3.05) is 25.0 Å². The lowest BCUT2D eigenvalue weighted by molar-refractivity contribution is -0.0121. The van der Waals surface area contributed by atoms with Crippen LogP contribution < -0.4 is 11.1 Å². The van der Waals surface area contributed by atoms with Crippen molar-refractivity contribution in [2.45, 2.75) is 35.6 Å². The Labute approximate surface area is 128 Å². The van der Waals surface area contributed by atoms with Gasteiger partial charge in [0, 0.05) is 23.5 Å². The lowest BCUT2D eigenvalue weighted by atomic mass is 9.96. The first kappa shape index (κ1) is 15.1. The smallest absolute Gasteiger partial charge is 0.301 e. The molecule has 1 aromatic rings. The van der Waals surface area contributed by atoms with E-state index in [0.717, 1.165) is 25.9 Å². The predicted molar refractivity (Wildman–Crippen MR) is 82.6 cm³/mol. The Balaban J connectivity index is 1.47. The van der Waals surface area contributed by atoms with E-state index in [1.165, 1.54) is 10.6 Å². The molecule has 0 saturated carbocycles. The third-order valence-corrected chi connectivity index (χ3v) is 5.63. The number of nitrogens with one attached hydrogen (secondary N) is 1. The molecule has 6 heteroatoms. The van der Waals surface area contributed by atoms with Crippen molar-refractivity contribution in [3.63, 3.8) is 0 Å². The fraction of sp³-hybridized carbons (Fsp3) is 0.600. The molecule has 0 amide bonds. The van der Waals surface area contributed by atoms with Crippen LogP contribution in [0.1, 0.15) is 19.3 Å². The van der Waals surface area contributed by atoms with E-state index < -0.39 is 6.05 Å². The zero-order chi connectivity index (χ0) is 14.9. The number of benzene rings is 1. The summed E-state index contributed by atoms with van der Waals surface area (Å²) in [4.78, 5) is 3.41. The summed E-state index contributed by atoms with van der Waals surface area (Å²) in [6, 6.07) is 5.32. The van der Waals surface area contributed by atoms with Gasteiger partial charge < -0.3 is 10.2 Å². The van der Waals surface area contributed by atoms with Gasteiger partial charge in [-0.2, -0.15) is 8.78 Å². The number of nitrogens with two attached hydrogens (primary N) is 1. The van der Waals surface area contributed by atoms with Gasteiger partial charge in [0.05, 0.1) is 5.37 Å². The summed E-state index contributed by atoms with van der Waals surface area (Å²) in [7, 11) is 0. The molecular weight excluding hydrogens is 292 g/mol. The Kier molecular flexibility index (Phi) is 4.38. The highest BCUT2D eigenvalue weighted by molar-refractivity contribution is 8.00. The molecule has 2 heterocycles. The first-order valence-corrected chi connectivity index (χ1v) is 8.30. The molecule has 2 aliphatic rings. The summed E-state index contributed by atoms with van der Waals surface area (Å²) in [6.45, 7) is 2.16. The molecule has 21 heavy (non-hydrogen) atoms. The second-order valence-corrected chi connectivity index (χ2v) is 7.05. The molecule has 116 valence electrons. The monoisotopic (exact) mass is 313 g/mol. The summed E-state index contributed by atoms with van der Waals surface area (Å²) in [5, 5.41) is 4.00. The van der Waals surface area contributed by atoms with Gasteiger partial charge in [-0.3, -0.25) is 5.73 Å². The van der Waals surface area contributed by atoms with Crippen molar-refractivity contribution in [3.8, 4) is 0 Å². The highest BCUT2D eigenvalue weighted by atomic mass is 32.2. The highest BCUT2D eigenvalue weighted by Gasteiger charge is 2.32. The summed E-state index contributed by atoms with van der Waals surface area (Å²) < 4.78 is 25.4. The Morgan fingerprint density at radius 1 is 1.29 bits per heavy atom. The molecule has 3 rings (SSSR count). The van der Waals surface area contributed by atoms with Gasteiger partial charge in [-0.1, -0.05) is 23.9 Å². The number of rotatable bonds is 4. The number of likely N-dealkylation sites (tertiary alicyclic amines) is 1. The van der Waals surface area contributed by atoms with Crippen LogP contribution in [-0.2, 0) is 0 Å². The molecule has 1 atom stereocenters. The predicted octanol–water partition coefficient (Wildman–Crippen LogP) is 3.18. The minimum Gasteiger partial charge on any atom is -0.372 e. The molecule has 3 N–H and O–H groups in total. The van der Waals surface area contributed by atoms with Crippen molar-refractivity contribution in [1.82, 2.24) is 4.90 Å². The van der Waals surface area contributed by atoms with Gasteiger partial charge in [0.15, 0.2) is 0 Å². The van der Waals surface area contributed by atoms with Crippen molar-refractivity contribution in [1.29, 1.82) is 0 Å². The SMILES string of the molecule is NC(F)(F)CCN1CCC(C2Nc3ccccc3S2)CC1. The number of anilines is 1. The molecule has 1 aromatic carbocycles. The summed E-state index contributed by atoms with van der Waals surface area (Å²) in [5.41, 5.74) is 5.97. The van der Waals surface area contributed by atoms with E-state index in [1.54, 1.807) is 0 Å². The number of hydrogen-bond acceptors (Lipinski definition) is 4. The van der Waals surface area contributed by atoms with Crippen molar-refractivity contribution >= 4 is 17.4 Å². The van der Waals surface area contributed by atoms with Crippen LogP contribution in [0.15, 0.2) is 29.2 Å². The van der Waals surface area contributed by atoms with E-state index >= 15 is 0 Å². The van der Waals surface area contributed by atoms with Gasteiger partial charge in [0.25, 0.3) is 0 Å². The number of piperidine rings is 1. The molecule has 2 aliphatic heterocycles. The Morgan fingerprint density at radius 2 is 2.00 bits per heavy atom. The summed E-state index contributed by atoms with van der Waals surface area (Å²) >= 11 is 1.89. The molecule has 3 nitrogen and oxygen atoms in total. The van der Waals surface area contributed by atoms with Crippen LogP contribution in [-0.4, -0.2) is 36.0 Å². The average Bonchev–Trinajstić information content (AvgIpc) is 2.89. The quantitative estimate of drug-likeness (QED) is 0.838. The molecule has 1 fully saturated rings. The van der Waals surface area contributed by atoms with Crippen LogP contribution in [0.3, 0.4) is 0 Å². The second-order valence-electron chi connectivity index (χ2n) is 5.87. The maximum atomic E-state index is 12.7. The number of hydrogen-bond donors (Lipinski definition) is 2. The number of halogens is 2. The van der Waals surface area contributed by atoms with E-state index in [1.807, 2.05) is 17.8 Å².